The molecular formula is C16H17ClN2O4S2. The number of aryl methyl sites for hydroxylation is 1. The van der Waals surface area contributed by atoms with Crippen LogP contribution in [0.3, 0.4) is 0 Å². The molecule has 0 bridgehead atoms. The minimum Gasteiger partial charge on any atom is -0.279 e. The van der Waals surface area contributed by atoms with Crippen LogP contribution in [0.5, 0.6) is 0 Å². The van der Waals surface area contributed by atoms with Gasteiger partial charge in [-0.05, 0) is 49.2 Å². The summed E-state index contributed by atoms with van der Waals surface area (Å²) in [7, 11) is -7.16. The monoisotopic (exact) mass is 400 g/mol. The smallest absolute Gasteiger partial charge is 0.261 e. The molecule has 0 aliphatic carbocycles. The summed E-state index contributed by atoms with van der Waals surface area (Å²) in [5, 5.41) is 0.316. The van der Waals surface area contributed by atoms with Gasteiger partial charge in [0.2, 0.25) is 10.0 Å². The quantitative estimate of drug-likeness (QED) is 0.855. The number of halogens is 1. The second-order valence-electron chi connectivity index (χ2n) is 5.80. The van der Waals surface area contributed by atoms with E-state index in [4.69, 9.17) is 11.6 Å². The normalized spacial score (nSPS) is 16.8. The average Bonchev–Trinajstić information content (AvgIpc) is 2.89. The van der Waals surface area contributed by atoms with Crippen LogP contribution in [0.2, 0.25) is 5.02 Å². The Morgan fingerprint density at radius 1 is 1.16 bits per heavy atom. The molecule has 0 radical (unpaired) electrons. The van der Waals surface area contributed by atoms with Gasteiger partial charge >= 0.3 is 0 Å². The third-order valence-corrected chi connectivity index (χ3v) is 7.43. The largest absolute Gasteiger partial charge is 0.279 e. The molecular weight excluding hydrogens is 384 g/mol. The summed E-state index contributed by atoms with van der Waals surface area (Å²) in [5.41, 5.74) is 1.47. The molecule has 3 rings (SSSR count). The molecule has 1 aliphatic rings. The maximum atomic E-state index is 12.6. The lowest BCUT2D eigenvalue weighted by atomic mass is 10.2. The summed E-state index contributed by atoms with van der Waals surface area (Å²) in [6.45, 7) is 2.14. The SMILES string of the molecule is Cc1ccc(N2CCCS2(=O)=O)cc1NS(=O)(=O)c1cccc(Cl)c1. The predicted molar refractivity (Wildman–Crippen MR) is 99.2 cm³/mol. The van der Waals surface area contributed by atoms with Crippen molar-refractivity contribution in [3.8, 4) is 0 Å². The van der Waals surface area contributed by atoms with E-state index >= 15 is 0 Å². The summed E-state index contributed by atoms with van der Waals surface area (Å²) in [6.07, 6.45) is 0.555. The molecule has 0 unspecified atom stereocenters. The minimum atomic E-state index is -3.83. The second kappa shape index (κ2) is 6.51. The Balaban J connectivity index is 1.96. The van der Waals surface area contributed by atoms with Gasteiger partial charge in [0.15, 0.2) is 0 Å². The first-order chi connectivity index (χ1) is 11.7. The van der Waals surface area contributed by atoms with Crippen molar-refractivity contribution in [1.82, 2.24) is 0 Å². The van der Waals surface area contributed by atoms with Crippen molar-refractivity contribution in [2.75, 3.05) is 21.3 Å². The molecule has 1 saturated heterocycles. The van der Waals surface area contributed by atoms with Crippen molar-refractivity contribution in [3.05, 3.63) is 53.1 Å². The van der Waals surface area contributed by atoms with E-state index in [-0.39, 0.29) is 10.6 Å². The van der Waals surface area contributed by atoms with Crippen molar-refractivity contribution in [3.63, 3.8) is 0 Å². The predicted octanol–water partition coefficient (Wildman–Crippen LogP) is 2.99. The third kappa shape index (κ3) is 3.75. The highest BCUT2D eigenvalue weighted by atomic mass is 35.5. The van der Waals surface area contributed by atoms with E-state index in [0.717, 1.165) is 0 Å². The highest BCUT2D eigenvalue weighted by molar-refractivity contribution is 7.93. The van der Waals surface area contributed by atoms with Crippen LogP contribution in [-0.4, -0.2) is 29.1 Å². The zero-order chi connectivity index (χ0) is 18.2. The fourth-order valence-electron chi connectivity index (χ4n) is 2.64. The van der Waals surface area contributed by atoms with E-state index in [1.807, 2.05) is 0 Å². The van der Waals surface area contributed by atoms with Gasteiger partial charge in [-0.1, -0.05) is 23.7 Å². The lowest BCUT2D eigenvalue weighted by Crippen LogP contribution is -2.25. The van der Waals surface area contributed by atoms with E-state index in [2.05, 4.69) is 4.72 Å². The number of hydrogen-bond donors (Lipinski definition) is 1. The number of nitrogens with one attached hydrogen (secondary N) is 1. The number of hydrogen-bond acceptors (Lipinski definition) is 4. The fourth-order valence-corrected chi connectivity index (χ4v) is 5.62. The summed E-state index contributed by atoms with van der Waals surface area (Å²) in [5.74, 6) is 0.102. The van der Waals surface area contributed by atoms with Crippen LogP contribution in [0.15, 0.2) is 47.4 Å². The Morgan fingerprint density at radius 2 is 1.92 bits per heavy atom. The molecule has 1 heterocycles. The van der Waals surface area contributed by atoms with E-state index in [1.165, 1.54) is 16.4 Å². The molecule has 2 aromatic carbocycles. The minimum absolute atomic E-state index is 0.0404. The molecule has 0 amide bonds. The summed E-state index contributed by atoms with van der Waals surface area (Å²) in [4.78, 5) is 0.0404. The molecule has 25 heavy (non-hydrogen) atoms. The lowest BCUT2D eigenvalue weighted by Gasteiger charge is -2.19. The lowest BCUT2D eigenvalue weighted by molar-refractivity contribution is 0.598. The van der Waals surface area contributed by atoms with Gasteiger partial charge < -0.3 is 0 Å². The maximum Gasteiger partial charge on any atom is 0.261 e. The molecule has 0 spiro atoms. The number of rotatable bonds is 4. The molecule has 0 saturated carbocycles. The topological polar surface area (TPSA) is 83.6 Å². The van der Waals surface area contributed by atoms with E-state index in [0.29, 0.717) is 34.9 Å². The molecule has 1 fully saturated rings. The van der Waals surface area contributed by atoms with E-state index < -0.39 is 20.0 Å². The van der Waals surface area contributed by atoms with Gasteiger partial charge in [-0.15, -0.1) is 0 Å². The summed E-state index contributed by atoms with van der Waals surface area (Å²) < 4.78 is 53.1. The van der Waals surface area contributed by atoms with E-state index in [1.54, 1.807) is 37.3 Å². The van der Waals surface area contributed by atoms with Gasteiger partial charge in [0.1, 0.15) is 0 Å². The Labute approximate surface area is 152 Å². The third-order valence-electron chi connectivity index (χ3n) is 3.96. The average molecular weight is 401 g/mol. The first kappa shape index (κ1) is 18.0. The van der Waals surface area contributed by atoms with Crippen LogP contribution < -0.4 is 9.03 Å². The van der Waals surface area contributed by atoms with Crippen LogP contribution >= 0.6 is 11.6 Å². The van der Waals surface area contributed by atoms with Crippen molar-refractivity contribution < 1.29 is 16.8 Å². The fraction of sp³-hybridized carbons (Fsp3) is 0.250. The molecule has 9 heteroatoms. The van der Waals surface area contributed by atoms with Gasteiger partial charge in [-0.2, -0.15) is 0 Å². The zero-order valence-electron chi connectivity index (χ0n) is 13.4. The highest BCUT2D eigenvalue weighted by Gasteiger charge is 2.29. The van der Waals surface area contributed by atoms with Gasteiger partial charge in [0.05, 0.1) is 22.0 Å². The van der Waals surface area contributed by atoms with Gasteiger partial charge in [0, 0.05) is 11.6 Å². The Hall–Kier alpha value is -1.77. The van der Waals surface area contributed by atoms with Crippen molar-refractivity contribution >= 4 is 43.0 Å². The van der Waals surface area contributed by atoms with Crippen LogP contribution in [0.1, 0.15) is 12.0 Å². The standard InChI is InChI=1S/C16H17ClN2O4S2/c1-12-6-7-14(19-8-3-9-24(19,20)21)11-16(12)18-25(22,23)15-5-2-4-13(17)10-15/h2,4-7,10-11,18H,3,8-9H2,1H3. The van der Waals surface area contributed by atoms with Gasteiger partial charge in [-0.3, -0.25) is 9.03 Å². The van der Waals surface area contributed by atoms with Crippen LogP contribution in [-0.2, 0) is 20.0 Å². The first-order valence-electron chi connectivity index (χ1n) is 7.58. The van der Waals surface area contributed by atoms with Gasteiger partial charge in [-0.25, -0.2) is 16.8 Å². The molecule has 0 aromatic heterocycles. The van der Waals surface area contributed by atoms with Crippen LogP contribution in [0.4, 0.5) is 11.4 Å². The van der Waals surface area contributed by atoms with Crippen molar-refractivity contribution in [2.24, 2.45) is 0 Å². The Kier molecular flexibility index (Phi) is 4.70. The number of sulfonamides is 2. The second-order valence-corrected chi connectivity index (χ2v) is 9.94. The van der Waals surface area contributed by atoms with Crippen molar-refractivity contribution in [1.29, 1.82) is 0 Å². The Morgan fingerprint density at radius 3 is 2.56 bits per heavy atom. The molecule has 134 valence electrons. The highest BCUT2D eigenvalue weighted by Crippen LogP contribution is 2.30. The van der Waals surface area contributed by atoms with E-state index in [9.17, 15) is 16.8 Å². The number of anilines is 2. The number of benzene rings is 2. The Bertz CT molecular complexity index is 1020. The first-order valence-corrected chi connectivity index (χ1v) is 11.1. The molecule has 6 nitrogen and oxygen atoms in total. The molecule has 0 atom stereocenters. The molecule has 1 N–H and O–H groups in total. The summed E-state index contributed by atoms with van der Waals surface area (Å²) in [6, 6.07) is 10.8. The zero-order valence-corrected chi connectivity index (χ0v) is 15.8. The van der Waals surface area contributed by atoms with Crippen LogP contribution in [0, 0.1) is 6.92 Å². The molecule has 2 aromatic rings. The maximum absolute atomic E-state index is 12.6. The summed E-state index contributed by atoms with van der Waals surface area (Å²) >= 11 is 5.86. The van der Waals surface area contributed by atoms with Gasteiger partial charge in [0.25, 0.3) is 10.0 Å². The molecule has 1 aliphatic heterocycles. The number of nitrogens with zero attached hydrogens (tertiary/aromatic N) is 1. The van der Waals surface area contributed by atoms with Crippen LogP contribution in [0.25, 0.3) is 0 Å². The van der Waals surface area contributed by atoms with Crippen molar-refractivity contribution in [2.45, 2.75) is 18.2 Å².